The molecule has 4 heterocycles. The number of methoxy groups -OCH3 is 2. The van der Waals surface area contributed by atoms with Crippen molar-refractivity contribution in [1.82, 2.24) is 24.7 Å². The number of aliphatic hydroxyl groups excluding tert-OH is 1. The van der Waals surface area contributed by atoms with Gasteiger partial charge in [0.25, 0.3) is 0 Å². The summed E-state index contributed by atoms with van der Waals surface area (Å²) >= 11 is 0. The van der Waals surface area contributed by atoms with E-state index in [0.717, 1.165) is 12.4 Å². The Kier molecular flexibility index (Phi) is 7.10. The number of halogens is 1. The molecule has 2 atom stereocenters. The minimum Gasteiger partial charge on any atom is -0.494 e. The first-order chi connectivity index (χ1) is 18.7. The second kappa shape index (κ2) is 10.5. The van der Waals surface area contributed by atoms with Crippen LogP contribution in [0.1, 0.15) is 12.2 Å². The van der Waals surface area contributed by atoms with Crippen LogP contribution in [0.15, 0.2) is 47.1 Å². The van der Waals surface area contributed by atoms with E-state index in [1.165, 1.54) is 23.7 Å². The van der Waals surface area contributed by atoms with Crippen LogP contribution in [0.2, 0.25) is 0 Å². The maximum absolute atomic E-state index is 13.7. The molecule has 1 aromatic carbocycles. The van der Waals surface area contributed by atoms with Gasteiger partial charge in [-0.15, -0.1) is 10.2 Å². The molecule has 0 aliphatic carbocycles. The lowest BCUT2D eigenvalue weighted by Crippen LogP contribution is -2.50. The Bertz CT molecular complexity index is 1550. The summed E-state index contributed by atoms with van der Waals surface area (Å²) in [4.78, 5) is 9.32. The summed E-state index contributed by atoms with van der Waals surface area (Å²) in [5.41, 5.74) is 0.347. The third-order valence-corrected chi connectivity index (χ3v) is 7.89. The number of β-amino-alcohol motifs (C(OH)–C–C–N with tert-alkyl or cyclic N) is 1. The van der Waals surface area contributed by atoms with Gasteiger partial charge in [0.05, 0.1) is 32.7 Å². The number of nitrogens with zero attached hydrogens (tertiary/aromatic N) is 6. The highest BCUT2D eigenvalue weighted by atomic mass is 32.2. The molecular weight excluding hydrogens is 533 g/mol. The highest BCUT2D eigenvalue weighted by Crippen LogP contribution is 2.38. The fourth-order valence-corrected chi connectivity index (χ4v) is 5.83. The van der Waals surface area contributed by atoms with E-state index < -0.39 is 27.2 Å². The average molecular weight is 560 g/mol. The summed E-state index contributed by atoms with van der Waals surface area (Å²) in [7, 11) is -1.23. The molecule has 0 amide bonds. The number of hydrogen-bond donors (Lipinski definition) is 2. The van der Waals surface area contributed by atoms with Gasteiger partial charge in [0.1, 0.15) is 28.2 Å². The molecule has 39 heavy (non-hydrogen) atoms. The van der Waals surface area contributed by atoms with Crippen molar-refractivity contribution in [3.63, 3.8) is 0 Å². The quantitative estimate of drug-likeness (QED) is 0.326. The number of hydrogen-bond acceptors (Lipinski definition) is 11. The van der Waals surface area contributed by atoms with Crippen molar-refractivity contribution < 1.29 is 31.8 Å². The summed E-state index contributed by atoms with van der Waals surface area (Å²) < 4.78 is 61.5. The lowest BCUT2D eigenvalue weighted by atomic mass is 10.1. The van der Waals surface area contributed by atoms with E-state index in [-0.39, 0.29) is 37.2 Å². The summed E-state index contributed by atoms with van der Waals surface area (Å²) in [5, 5.41) is 17.7. The number of sulfonamides is 1. The van der Waals surface area contributed by atoms with Crippen molar-refractivity contribution in [3.8, 4) is 28.8 Å². The molecule has 1 saturated heterocycles. The maximum Gasteiger partial charge on any atom is 0.243 e. The van der Waals surface area contributed by atoms with E-state index in [4.69, 9.17) is 13.9 Å². The molecule has 5 rings (SSSR count). The molecule has 206 valence electrons. The number of para-hydroxylation sites is 1. The zero-order valence-electron chi connectivity index (χ0n) is 21.3. The molecule has 0 radical (unpaired) electrons. The minimum atomic E-state index is -4.17. The first-order valence-corrected chi connectivity index (χ1v) is 13.4. The Balaban J connectivity index is 1.55. The molecular formula is C24H26FN7O6S. The van der Waals surface area contributed by atoms with Gasteiger partial charge in [0.15, 0.2) is 11.6 Å². The number of aliphatic hydroxyl groups is 1. The molecule has 13 nitrogen and oxygen atoms in total. The van der Waals surface area contributed by atoms with Crippen LogP contribution in [0.5, 0.6) is 11.5 Å². The zero-order chi connectivity index (χ0) is 27.7. The van der Waals surface area contributed by atoms with Gasteiger partial charge in [-0.2, -0.15) is 0 Å². The average Bonchev–Trinajstić information content (AvgIpc) is 3.53. The monoisotopic (exact) mass is 559 g/mol. The third-order valence-electron chi connectivity index (χ3n) is 6.20. The second-order valence-electron chi connectivity index (χ2n) is 8.87. The maximum atomic E-state index is 13.7. The first-order valence-electron chi connectivity index (χ1n) is 11.9. The fraction of sp³-hybridized carbons (Fsp3) is 0.333. The Morgan fingerprint density at radius 2 is 1.77 bits per heavy atom. The van der Waals surface area contributed by atoms with Crippen LogP contribution in [-0.2, 0) is 10.0 Å². The molecule has 15 heteroatoms. The van der Waals surface area contributed by atoms with Crippen LogP contribution in [0, 0.1) is 12.7 Å². The summed E-state index contributed by atoms with van der Waals surface area (Å²) in [5.74, 6) is 1.22. The van der Waals surface area contributed by atoms with Crippen LogP contribution < -0.4 is 19.1 Å². The molecule has 0 unspecified atom stereocenters. The van der Waals surface area contributed by atoms with Crippen LogP contribution in [0.4, 0.5) is 16.3 Å². The number of aryl methyl sites for hydroxylation is 1. The molecule has 3 aromatic heterocycles. The van der Waals surface area contributed by atoms with Gasteiger partial charge in [-0.1, -0.05) is 6.07 Å². The highest BCUT2D eigenvalue weighted by Gasteiger charge is 2.37. The summed E-state index contributed by atoms with van der Waals surface area (Å²) in [6.07, 6.45) is 0.907. The van der Waals surface area contributed by atoms with Crippen molar-refractivity contribution >= 4 is 21.9 Å². The number of ether oxygens (including phenoxy) is 2. The van der Waals surface area contributed by atoms with Gasteiger partial charge in [-0.05, 0) is 37.6 Å². The first kappa shape index (κ1) is 26.4. The van der Waals surface area contributed by atoms with Crippen molar-refractivity contribution in [2.45, 2.75) is 24.7 Å². The van der Waals surface area contributed by atoms with Gasteiger partial charge in [-0.3, -0.25) is 9.29 Å². The van der Waals surface area contributed by atoms with Gasteiger partial charge >= 0.3 is 0 Å². The molecule has 1 fully saturated rings. The van der Waals surface area contributed by atoms with Crippen molar-refractivity contribution in [3.05, 3.63) is 54.3 Å². The number of anilines is 2. The van der Waals surface area contributed by atoms with E-state index in [2.05, 4.69) is 24.9 Å². The molecule has 0 saturated carbocycles. The Morgan fingerprint density at radius 1 is 1.08 bits per heavy atom. The zero-order valence-corrected chi connectivity index (χ0v) is 22.1. The smallest absolute Gasteiger partial charge is 0.243 e. The van der Waals surface area contributed by atoms with Crippen molar-refractivity contribution in [2.24, 2.45) is 0 Å². The Morgan fingerprint density at radius 3 is 2.38 bits per heavy atom. The number of aromatic nitrogens is 5. The van der Waals surface area contributed by atoms with Crippen molar-refractivity contribution in [1.29, 1.82) is 0 Å². The molecule has 0 bridgehead atoms. The van der Waals surface area contributed by atoms with Gasteiger partial charge in [-0.25, -0.2) is 22.8 Å². The lowest BCUT2D eigenvalue weighted by Gasteiger charge is -2.35. The molecule has 0 spiro atoms. The molecule has 4 aromatic rings. The van der Waals surface area contributed by atoms with E-state index in [9.17, 15) is 17.9 Å². The number of rotatable bonds is 8. The SMILES string of the molecule is COc1cccc(OC)c1-n1c(NS(=O)(=O)[C@H]2C[C@H](O)CN(c3ncc(F)cn3)C2)nnc1-c1ccc(C)o1. The number of piperidine rings is 1. The van der Waals surface area contributed by atoms with Crippen LogP contribution >= 0.6 is 0 Å². The predicted molar refractivity (Wildman–Crippen MR) is 138 cm³/mol. The number of furan rings is 1. The highest BCUT2D eigenvalue weighted by molar-refractivity contribution is 7.93. The van der Waals surface area contributed by atoms with Gasteiger partial charge < -0.3 is 23.9 Å². The van der Waals surface area contributed by atoms with E-state index in [1.54, 1.807) is 37.3 Å². The standard InChI is InChI=1S/C24H26FN7O6S/c1-14-7-8-20(38-14)22-28-29-24(32(22)21-18(36-2)5-4-6-19(21)37-3)30-39(34,35)17-9-16(33)12-31(13-17)23-26-10-15(25)11-27-23/h4-8,10-11,16-17,33H,9,12-13H2,1-3H3,(H,29,30)/t16-,17-/m0/s1. The molecule has 1 aliphatic rings. The van der Waals surface area contributed by atoms with E-state index in [1.807, 2.05) is 0 Å². The Labute approximate surface area is 223 Å². The van der Waals surface area contributed by atoms with Crippen LogP contribution in [0.25, 0.3) is 17.3 Å². The van der Waals surface area contributed by atoms with E-state index in [0.29, 0.717) is 28.7 Å². The summed E-state index contributed by atoms with van der Waals surface area (Å²) in [6, 6.07) is 8.53. The summed E-state index contributed by atoms with van der Waals surface area (Å²) in [6.45, 7) is 1.81. The topological polar surface area (TPSA) is 158 Å². The largest absolute Gasteiger partial charge is 0.494 e. The fourth-order valence-electron chi connectivity index (χ4n) is 4.42. The predicted octanol–water partition coefficient (Wildman–Crippen LogP) is 2.16. The van der Waals surface area contributed by atoms with Gasteiger partial charge in [0, 0.05) is 13.1 Å². The minimum absolute atomic E-state index is 0.0472. The molecule has 1 aliphatic heterocycles. The normalized spacial score (nSPS) is 17.7. The Hall–Kier alpha value is -4.24. The van der Waals surface area contributed by atoms with Crippen LogP contribution in [-0.4, -0.2) is 76.9 Å². The second-order valence-corrected chi connectivity index (χ2v) is 10.8. The number of benzene rings is 1. The third kappa shape index (κ3) is 5.22. The van der Waals surface area contributed by atoms with E-state index >= 15 is 0 Å². The van der Waals surface area contributed by atoms with Crippen molar-refractivity contribution in [2.75, 3.05) is 36.9 Å². The van der Waals surface area contributed by atoms with Gasteiger partial charge in [0.2, 0.25) is 27.7 Å². The van der Waals surface area contributed by atoms with Crippen LogP contribution in [0.3, 0.4) is 0 Å². The molecule has 2 N–H and O–H groups in total. The lowest BCUT2D eigenvalue weighted by molar-refractivity contribution is 0.154. The number of nitrogens with one attached hydrogen (secondary N) is 1.